The molecule has 3 N–H and O–H groups in total. The SMILES string of the molecule is Cl.NCc1ncccc1O. The summed E-state index contributed by atoms with van der Waals surface area (Å²) in [5, 5.41) is 8.97. The zero-order chi connectivity index (χ0) is 6.69. The fraction of sp³-hybridized carbons (Fsp3) is 0.167. The van der Waals surface area contributed by atoms with E-state index in [9.17, 15) is 0 Å². The van der Waals surface area contributed by atoms with Crippen molar-refractivity contribution in [2.45, 2.75) is 6.54 Å². The molecule has 1 aromatic heterocycles. The molecule has 1 heterocycles. The Balaban J connectivity index is 0.000000810. The smallest absolute Gasteiger partial charge is 0.138 e. The van der Waals surface area contributed by atoms with Crippen LogP contribution in [0.25, 0.3) is 0 Å². The van der Waals surface area contributed by atoms with Crippen molar-refractivity contribution in [1.29, 1.82) is 0 Å². The van der Waals surface area contributed by atoms with E-state index in [0.29, 0.717) is 5.69 Å². The molecule has 0 aliphatic carbocycles. The first-order chi connectivity index (χ1) is 4.34. The summed E-state index contributed by atoms with van der Waals surface area (Å²) < 4.78 is 0. The maximum atomic E-state index is 8.97. The van der Waals surface area contributed by atoms with Crippen LogP contribution in [0.4, 0.5) is 0 Å². The van der Waals surface area contributed by atoms with Crippen LogP contribution in [0.5, 0.6) is 5.75 Å². The number of hydrogen-bond donors (Lipinski definition) is 2. The van der Waals surface area contributed by atoms with Crippen molar-refractivity contribution in [2.75, 3.05) is 0 Å². The second kappa shape index (κ2) is 4.09. The van der Waals surface area contributed by atoms with Crippen LogP contribution in [0, 0.1) is 0 Å². The molecule has 1 rings (SSSR count). The van der Waals surface area contributed by atoms with Gasteiger partial charge in [0.15, 0.2) is 0 Å². The van der Waals surface area contributed by atoms with Gasteiger partial charge in [-0.15, -0.1) is 12.4 Å². The maximum absolute atomic E-state index is 8.97. The van der Waals surface area contributed by atoms with E-state index in [2.05, 4.69) is 4.98 Å². The average Bonchev–Trinajstić information content (AvgIpc) is 1.89. The topological polar surface area (TPSA) is 59.1 Å². The van der Waals surface area contributed by atoms with E-state index in [1.807, 2.05) is 0 Å². The van der Waals surface area contributed by atoms with E-state index in [0.717, 1.165) is 0 Å². The molecule has 0 aromatic carbocycles. The van der Waals surface area contributed by atoms with Gasteiger partial charge >= 0.3 is 0 Å². The molecule has 0 amide bonds. The summed E-state index contributed by atoms with van der Waals surface area (Å²) >= 11 is 0. The van der Waals surface area contributed by atoms with Gasteiger partial charge in [0.25, 0.3) is 0 Å². The second-order valence-electron chi connectivity index (χ2n) is 1.67. The van der Waals surface area contributed by atoms with E-state index >= 15 is 0 Å². The normalized spacial score (nSPS) is 8.50. The largest absolute Gasteiger partial charge is 0.506 e. The summed E-state index contributed by atoms with van der Waals surface area (Å²) in [6.07, 6.45) is 1.60. The number of nitrogens with zero attached hydrogens (tertiary/aromatic N) is 1. The fourth-order valence-electron chi connectivity index (χ4n) is 0.587. The lowest BCUT2D eigenvalue weighted by atomic mass is 10.3. The monoisotopic (exact) mass is 160 g/mol. The number of hydrogen-bond acceptors (Lipinski definition) is 3. The number of nitrogens with two attached hydrogens (primary N) is 1. The third-order valence-corrected chi connectivity index (χ3v) is 1.06. The van der Waals surface area contributed by atoms with Crippen molar-refractivity contribution < 1.29 is 5.11 Å². The second-order valence-corrected chi connectivity index (χ2v) is 1.67. The quantitative estimate of drug-likeness (QED) is 0.635. The molecule has 1 aromatic rings. The Morgan fingerprint density at radius 1 is 1.60 bits per heavy atom. The molecule has 3 nitrogen and oxygen atoms in total. The number of aromatic nitrogens is 1. The number of rotatable bonds is 1. The van der Waals surface area contributed by atoms with E-state index in [1.165, 1.54) is 0 Å². The minimum absolute atomic E-state index is 0. The first kappa shape index (κ1) is 9.20. The van der Waals surface area contributed by atoms with Gasteiger partial charge < -0.3 is 10.8 Å². The lowest BCUT2D eigenvalue weighted by molar-refractivity contribution is 0.464. The summed E-state index contributed by atoms with van der Waals surface area (Å²) in [6.45, 7) is 0.284. The molecule has 4 heteroatoms. The van der Waals surface area contributed by atoms with Crippen LogP contribution in [-0.4, -0.2) is 10.1 Å². The molecule has 0 spiro atoms. The lowest BCUT2D eigenvalue weighted by Crippen LogP contribution is -1.98. The maximum Gasteiger partial charge on any atom is 0.138 e. The number of aromatic hydroxyl groups is 1. The first-order valence-corrected chi connectivity index (χ1v) is 2.67. The lowest BCUT2D eigenvalue weighted by Gasteiger charge is -1.95. The number of pyridine rings is 1. The van der Waals surface area contributed by atoms with Gasteiger partial charge in [0.1, 0.15) is 5.75 Å². The molecule has 56 valence electrons. The van der Waals surface area contributed by atoms with Crippen molar-refractivity contribution in [3.63, 3.8) is 0 Å². The van der Waals surface area contributed by atoms with Gasteiger partial charge in [-0.05, 0) is 12.1 Å². The van der Waals surface area contributed by atoms with Crippen LogP contribution >= 0.6 is 12.4 Å². The van der Waals surface area contributed by atoms with Crippen LogP contribution < -0.4 is 5.73 Å². The van der Waals surface area contributed by atoms with Crippen LogP contribution in [0.1, 0.15) is 5.69 Å². The third kappa shape index (κ3) is 1.86. The number of halogens is 1. The van der Waals surface area contributed by atoms with E-state index in [-0.39, 0.29) is 24.7 Å². The Kier molecular flexibility index (Phi) is 3.76. The highest BCUT2D eigenvalue weighted by Gasteiger charge is 1.94. The zero-order valence-corrected chi connectivity index (χ0v) is 6.14. The van der Waals surface area contributed by atoms with Crippen molar-refractivity contribution in [3.8, 4) is 5.75 Å². The summed E-state index contributed by atoms with van der Waals surface area (Å²) in [6, 6.07) is 3.23. The molecule has 0 saturated heterocycles. The fourth-order valence-corrected chi connectivity index (χ4v) is 0.587. The van der Waals surface area contributed by atoms with Gasteiger partial charge in [-0.3, -0.25) is 4.98 Å². The molecule has 0 saturated carbocycles. The predicted octanol–water partition coefficient (Wildman–Crippen LogP) is 0.668. The summed E-state index contributed by atoms with van der Waals surface area (Å²) in [4.78, 5) is 3.82. The van der Waals surface area contributed by atoms with E-state index in [1.54, 1.807) is 18.3 Å². The molecule has 0 bridgehead atoms. The molecule has 0 fully saturated rings. The Hall–Kier alpha value is -0.800. The highest BCUT2D eigenvalue weighted by molar-refractivity contribution is 5.85. The zero-order valence-electron chi connectivity index (χ0n) is 5.32. The summed E-state index contributed by atoms with van der Waals surface area (Å²) in [5.41, 5.74) is 5.77. The van der Waals surface area contributed by atoms with Crippen molar-refractivity contribution in [3.05, 3.63) is 24.0 Å². The van der Waals surface area contributed by atoms with Crippen LogP contribution in [-0.2, 0) is 6.54 Å². The summed E-state index contributed by atoms with van der Waals surface area (Å²) in [7, 11) is 0. The molecule has 10 heavy (non-hydrogen) atoms. The average molecular weight is 161 g/mol. The molecule has 0 unspecified atom stereocenters. The third-order valence-electron chi connectivity index (χ3n) is 1.06. The van der Waals surface area contributed by atoms with Gasteiger partial charge in [-0.1, -0.05) is 0 Å². The highest BCUT2D eigenvalue weighted by atomic mass is 35.5. The van der Waals surface area contributed by atoms with E-state index < -0.39 is 0 Å². The molecule has 0 aliphatic heterocycles. The van der Waals surface area contributed by atoms with Gasteiger partial charge in [-0.25, -0.2) is 0 Å². The Bertz CT molecular complexity index is 205. The van der Waals surface area contributed by atoms with Crippen LogP contribution in [0.15, 0.2) is 18.3 Å². The highest BCUT2D eigenvalue weighted by Crippen LogP contribution is 2.10. The van der Waals surface area contributed by atoms with Crippen LogP contribution in [0.2, 0.25) is 0 Å². The van der Waals surface area contributed by atoms with Crippen molar-refractivity contribution in [1.82, 2.24) is 4.98 Å². The summed E-state index contributed by atoms with van der Waals surface area (Å²) in [5.74, 6) is 0.167. The van der Waals surface area contributed by atoms with Gasteiger partial charge in [0, 0.05) is 12.7 Å². The van der Waals surface area contributed by atoms with Crippen molar-refractivity contribution >= 4 is 12.4 Å². The Morgan fingerprint density at radius 3 is 2.70 bits per heavy atom. The first-order valence-electron chi connectivity index (χ1n) is 2.67. The van der Waals surface area contributed by atoms with Crippen molar-refractivity contribution in [2.24, 2.45) is 5.73 Å². The molecule has 0 radical (unpaired) electrons. The molecule has 0 aliphatic rings. The predicted molar refractivity (Wildman–Crippen MR) is 41.0 cm³/mol. The minimum Gasteiger partial charge on any atom is -0.506 e. The molecular weight excluding hydrogens is 152 g/mol. The minimum atomic E-state index is 0. The molecular formula is C6H9ClN2O. The Labute approximate surface area is 65.3 Å². The molecule has 0 atom stereocenters. The Morgan fingerprint density at radius 2 is 2.30 bits per heavy atom. The standard InChI is InChI=1S/C6H8N2O.ClH/c7-4-5-6(9)2-1-3-8-5;/h1-3,9H,4,7H2;1H. The van der Waals surface area contributed by atoms with Gasteiger partial charge in [0.2, 0.25) is 0 Å². The van der Waals surface area contributed by atoms with Gasteiger partial charge in [0.05, 0.1) is 5.69 Å². The van der Waals surface area contributed by atoms with Gasteiger partial charge in [-0.2, -0.15) is 0 Å². The van der Waals surface area contributed by atoms with Crippen LogP contribution in [0.3, 0.4) is 0 Å². The van der Waals surface area contributed by atoms with E-state index in [4.69, 9.17) is 10.8 Å².